The number of phenolic OH excluding ortho intramolecular Hbond substituents is 1. The van der Waals surface area contributed by atoms with Crippen molar-refractivity contribution in [1.29, 1.82) is 0 Å². The van der Waals surface area contributed by atoms with Gasteiger partial charge in [0, 0.05) is 11.1 Å². The van der Waals surface area contributed by atoms with Crippen LogP contribution in [0, 0.1) is 6.92 Å². The number of aromatic hydroxyl groups is 1. The molecule has 0 unspecified atom stereocenters. The van der Waals surface area contributed by atoms with E-state index < -0.39 is 5.60 Å². The largest absolute Gasteiger partial charge is 0.507 e. The van der Waals surface area contributed by atoms with Crippen LogP contribution >= 0.6 is 0 Å². The second-order valence-corrected chi connectivity index (χ2v) is 9.67. The molecule has 2 aromatic carbocycles. The van der Waals surface area contributed by atoms with Gasteiger partial charge in [0.05, 0.1) is 0 Å². The molecule has 0 amide bonds. The predicted molar refractivity (Wildman–Crippen MR) is 119 cm³/mol. The fourth-order valence-electron chi connectivity index (χ4n) is 4.17. The molecule has 2 heterocycles. The standard InChI is InChI=1S/C26H30O4/c1-16-6-8-17(9-7-16)10-11-20(27)21-22(28)18-12-14-25(2,3)29-23(18)19-13-15-26(4,5)30-24(19)21/h6-11,28H,12-15H2,1-5H3/b11-10+. The maximum atomic E-state index is 13.2. The van der Waals surface area contributed by atoms with Crippen molar-refractivity contribution in [2.45, 2.75) is 71.5 Å². The van der Waals surface area contributed by atoms with Gasteiger partial charge in [0.1, 0.15) is 34.0 Å². The number of ether oxygens (including phenoxy) is 2. The minimum absolute atomic E-state index is 0.00416. The molecule has 4 nitrogen and oxygen atoms in total. The van der Waals surface area contributed by atoms with E-state index in [4.69, 9.17) is 9.47 Å². The molecule has 0 bridgehead atoms. The summed E-state index contributed by atoms with van der Waals surface area (Å²) in [7, 11) is 0. The first-order valence-electron chi connectivity index (χ1n) is 10.6. The van der Waals surface area contributed by atoms with Gasteiger partial charge in [-0.25, -0.2) is 0 Å². The fraction of sp³-hybridized carbons (Fsp3) is 0.423. The molecule has 2 aliphatic heterocycles. The molecule has 2 aromatic rings. The Bertz CT molecular complexity index is 1030. The van der Waals surface area contributed by atoms with Crippen molar-refractivity contribution in [3.63, 3.8) is 0 Å². The van der Waals surface area contributed by atoms with E-state index in [1.165, 1.54) is 11.6 Å². The lowest BCUT2D eigenvalue weighted by Crippen LogP contribution is -2.37. The number of rotatable bonds is 3. The van der Waals surface area contributed by atoms with Gasteiger partial charge < -0.3 is 14.6 Å². The summed E-state index contributed by atoms with van der Waals surface area (Å²) in [6.45, 7) is 10.1. The molecule has 0 saturated carbocycles. The molecule has 0 saturated heterocycles. The Morgan fingerprint density at radius 3 is 2.13 bits per heavy atom. The Kier molecular flexibility index (Phi) is 4.92. The smallest absolute Gasteiger partial charge is 0.193 e. The third kappa shape index (κ3) is 3.83. The average Bonchev–Trinajstić information content (AvgIpc) is 2.66. The zero-order chi connectivity index (χ0) is 21.7. The number of carbonyl (C=O) groups excluding carboxylic acids is 1. The highest BCUT2D eigenvalue weighted by atomic mass is 16.5. The Hall–Kier alpha value is -2.75. The lowest BCUT2D eigenvalue weighted by Gasteiger charge is -2.39. The van der Waals surface area contributed by atoms with Crippen LogP contribution in [0.3, 0.4) is 0 Å². The van der Waals surface area contributed by atoms with E-state index in [0.29, 0.717) is 17.9 Å². The van der Waals surface area contributed by atoms with Crippen LogP contribution in [0.2, 0.25) is 0 Å². The second kappa shape index (κ2) is 7.19. The van der Waals surface area contributed by atoms with E-state index in [9.17, 15) is 9.90 Å². The van der Waals surface area contributed by atoms with E-state index in [1.54, 1.807) is 6.08 Å². The van der Waals surface area contributed by atoms with Gasteiger partial charge in [-0.2, -0.15) is 0 Å². The van der Waals surface area contributed by atoms with Crippen LogP contribution in [0.4, 0.5) is 0 Å². The molecule has 1 N–H and O–H groups in total. The number of allylic oxidation sites excluding steroid dienone is 1. The molecule has 158 valence electrons. The summed E-state index contributed by atoms with van der Waals surface area (Å²) >= 11 is 0. The Balaban J connectivity index is 1.81. The average molecular weight is 407 g/mol. The molecule has 0 radical (unpaired) electrons. The number of benzene rings is 2. The van der Waals surface area contributed by atoms with E-state index in [1.807, 2.05) is 45.0 Å². The zero-order valence-corrected chi connectivity index (χ0v) is 18.5. The van der Waals surface area contributed by atoms with E-state index in [-0.39, 0.29) is 22.7 Å². The molecule has 4 rings (SSSR count). The number of ketones is 1. The highest BCUT2D eigenvalue weighted by Gasteiger charge is 2.39. The first-order valence-corrected chi connectivity index (χ1v) is 10.6. The summed E-state index contributed by atoms with van der Waals surface area (Å²) in [6.07, 6.45) is 6.33. The number of carbonyl (C=O) groups is 1. The van der Waals surface area contributed by atoms with E-state index in [0.717, 1.165) is 36.0 Å². The van der Waals surface area contributed by atoms with Crippen molar-refractivity contribution < 1.29 is 19.4 Å². The third-order valence-corrected chi connectivity index (χ3v) is 6.03. The minimum Gasteiger partial charge on any atom is -0.507 e. The molecule has 2 aliphatic rings. The Morgan fingerprint density at radius 2 is 1.50 bits per heavy atom. The number of aryl methyl sites for hydroxylation is 1. The first kappa shape index (κ1) is 20.5. The topological polar surface area (TPSA) is 55.8 Å². The summed E-state index contributed by atoms with van der Waals surface area (Å²) in [5.41, 5.74) is 3.27. The Labute approximate surface area is 178 Å². The zero-order valence-electron chi connectivity index (χ0n) is 18.5. The van der Waals surface area contributed by atoms with Gasteiger partial charge in [-0.15, -0.1) is 0 Å². The van der Waals surface area contributed by atoms with Crippen LogP contribution in [0.25, 0.3) is 6.08 Å². The number of hydrogen-bond donors (Lipinski definition) is 1. The summed E-state index contributed by atoms with van der Waals surface area (Å²) in [5, 5.41) is 11.1. The minimum atomic E-state index is -0.409. The van der Waals surface area contributed by atoms with Crippen molar-refractivity contribution in [2.24, 2.45) is 0 Å². The van der Waals surface area contributed by atoms with Gasteiger partial charge >= 0.3 is 0 Å². The van der Waals surface area contributed by atoms with Crippen LogP contribution in [0.1, 0.15) is 73.1 Å². The summed E-state index contributed by atoms with van der Waals surface area (Å²) < 4.78 is 12.5. The number of fused-ring (bicyclic) bond motifs is 3. The molecule has 0 atom stereocenters. The summed E-state index contributed by atoms with van der Waals surface area (Å²) in [4.78, 5) is 13.2. The molecule has 0 aromatic heterocycles. The van der Waals surface area contributed by atoms with Crippen LogP contribution in [-0.4, -0.2) is 22.1 Å². The SMILES string of the molecule is Cc1ccc(/C=C/C(=O)c2c(O)c3c(c4c2OC(C)(C)CC4)OC(C)(C)CC3)cc1. The maximum Gasteiger partial charge on any atom is 0.193 e. The van der Waals surface area contributed by atoms with Crippen LogP contribution in [0.15, 0.2) is 30.3 Å². The highest BCUT2D eigenvalue weighted by Crippen LogP contribution is 2.51. The monoisotopic (exact) mass is 406 g/mol. The predicted octanol–water partition coefficient (Wildman–Crippen LogP) is 5.80. The van der Waals surface area contributed by atoms with Gasteiger partial charge in [-0.1, -0.05) is 35.9 Å². The van der Waals surface area contributed by atoms with Crippen LogP contribution in [0.5, 0.6) is 17.2 Å². The molecular formula is C26H30O4. The van der Waals surface area contributed by atoms with Crippen molar-refractivity contribution in [2.75, 3.05) is 0 Å². The molecule has 4 heteroatoms. The number of hydrogen-bond acceptors (Lipinski definition) is 4. The number of phenols is 1. The normalized spacial score (nSPS) is 18.8. The second-order valence-electron chi connectivity index (χ2n) is 9.67. The maximum absolute atomic E-state index is 13.2. The van der Waals surface area contributed by atoms with Crippen molar-refractivity contribution in [1.82, 2.24) is 0 Å². The third-order valence-electron chi connectivity index (χ3n) is 6.03. The van der Waals surface area contributed by atoms with Gasteiger partial charge in [0.25, 0.3) is 0 Å². The van der Waals surface area contributed by atoms with Gasteiger partial charge in [-0.3, -0.25) is 4.79 Å². The van der Waals surface area contributed by atoms with Crippen LogP contribution < -0.4 is 9.47 Å². The van der Waals surface area contributed by atoms with Gasteiger partial charge in [0.2, 0.25) is 0 Å². The summed E-state index contributed by atoms with van der Waals surface area (Å²) in [5.74, 6) is 0.914. The Morgan fingerprint density at radius 1 is 0.933 bits per heavy atom. The highest BCUT2D eigenvalue weighted by molar-refractivity contribution is 6.11. The quantitative estimate of drug-likeness (QED) is 0.517. The van der Waals surface area contributed by atoms with Crippen molar-refractivity contribution in [3.05, 3.63) is 58.2 Å². The van der Waals surface area contributed by atoms with E-state index >= 15 is 0 Å². The molecular weight excluding hydrogens is 376 g/mol. The first-order chi connectivity index (χ1) is 14.1. The molecule has 30 heavy (non-hydrogen) atoms. The van der Waals surface area contributed by atoms with Gasteiger partial charge in [0.15, 0.2) is 5.78 Å². The van der Waals surface area contributed by atoms with Crippen LogP contribution in [-0.2, 0) is 12.8 Å². The lowest BCUT2D eigenvalue weighted by molar-refractivity contribution is 0.0643. The van der Waals surface area contributed by atoms with Gasteiger partial charge in [-0.05, 0) is 71.9 Å². The van der Waals surface area contributed by atoms with E-state index in [2.05, 4.69) is 13.8 Å². The molecule has 0 aliphatic carbocycles. The lowest BCUT2D eigenvalue weighted by atomic mass is 9.84. The molecule has 0 spiro atoms. The van der Waals surface area contributed by atoms with Crippen molar-refractivity contribution in [3.8, 4) is 17.2 Å². The summed E-state index contributed by atoms with van der Waals surface area (Å²) in [6, 6.07) is 7.95. The van der Waals surface area contributed by atoms with Crippen molar-refractivity contribution >= 4 is 11.9 Å². The molecule has 0 fully saturated rings. The fourth-order valence-corrected chi connectivity index (χ4v) is 4.17.